The summed E-state index contributed by atoms with van der Waals surface area (Å²) >= 11 is 0. The van der Waals surface area contributed by atoms with Crippen molar-refractivity contribution in [2.75, 3.05) is 0 Å². The van der Waals surface area contributed by atoms with Crippen molar-refractivity contribution in [3.63, 3.8) is 0 Å². The van der Waals surface area contributed by atoms with Crippen molar-refractivity contribution in [1.82, 2.24) is 4.57 Å². The van der Waals surface area contributed by atoms with Gasteiger partial charge in [0.05, 0.1) is 13.1 Å². The second kappa shape index (κ2) is 22.2. The molecule has 0 aliphatic rings. The molecule has 0 saturated heterocycles. The summed E-state index contributed by atoms with van der Waals surface area (Å²) in [6, 6.07) is 22.3. The molecule has 0 spiro atoms. The molecule has 0 amide bonds. The Morgan fingerprint density at radius 1 is 0.568 bits per heavy atom. The molecule has 3 rings (SSSR count). The maximum atomic E-state index is 2.62. The van der Waals surface area contributed by atoms with Crippen LogP contribution in [-0.4, -0.2) is 4.57 Å². The molecule has 0 fully saturated rings. The van der Waals surface area contributed by atoms with E-state index in [9.17, 15) is 0 Å². The van der Waals surface area contributed by atoms with E-state index in [1.165, 1.54) is 140 Å². The van der Waals surface area contributed by atoms with Crippen LogP contribution >= 0.6 is 0 Å². The number of benzene rings is 2. The van der Waals surface area contributed by atoms with Gasteiger partial charge in [0.15, 0.2) is 0 Å². The average molecular weight is 600 g/mol. The minimum Gasteiger partial charge on any atom is -0.234 e. The molecule has 0 bridgehead atoms. The summed E-state index contributed by atoms with van der Waals surface area (Å²) < 4.78 is 5.24. The molecule has 2 heteroatoms. The van der Waals surface area contributed by atoms with Gasteiger partial charge in [-0.2, -0.15) is 0 Å². The number of rotatable bonds is 26. The fraction of sp³-hybridized carbons (Fsp3) is 0.643. The molecule has 0 saturated carbocycles. The van der Waals surface area contributed by atoms with E-state index >= 15 is 0 Å². The van der Waals surface area contributed by atoms with Crippen molar-refractivity contribution in [2.24, 2.45) is 0 Å². The topological polar surface area (TPSA) is 8.81 Å². The number of hydrogen-bond donors (Lipinski definition) is 0. The molecule has 44 heavy (non-hydrogen) atoms. The minimum absolute atomic E-state index is 0.0316. The second-order valence-corrected chi connectivity index (χ2v) is 13.9. The molecule has 244 valence electrons. The van der Waals surface area contributed by atoms with Crippen molar-refractivity contribution >= 4 is 0 Å². The highest BCUT2D eigenvalue weighted by molar-refractivity contribution is 5.28. The number of aromatic nitrogens is 2. The third-order valence-corrected chi connectivity index (χ3v) is 9.77. The van der Waals surface area contributed by atoms with Crippen LogP contribution in [0.2, 0.25) is 0 Å². The van der Waals surface area contributed by atoms with Crippen molar-refractivity contribution < 1.29 is 4.57 Å². The lowest BCUT2D eigenvalue weighted by Gasteiger charge is -2.29. The summed E-state index contributed by atoms with van der Waals surface area (Å²) in [6.07, 6.45) is 33.5. The SMILES string of the molecule is CCCCCCCCCCCCn1cc[n+](CC(C)(Cc2ccccc2)c2ccccc2)c1CCCCCCCCCCC. The maximum absolute atomic E-state index is 2.62. The van der Waals surface area contributed by atoms with E-state index in [0.717, 1.165) is 19.5 Å². The molecular weight excluding hydrogens is 532 g/mol. The van der Waals surface area contributed by atoms with Gasteiger partial charge in [-0.3, -0.25) is 0 Å². The van der Waals surface area contributed by atoms with Gasteiger partial charge in [-0.25, -0.2) is 9.13 Å². The highest BCUT2D eigenvalue weighted by atomic mass is 15.2. The smallest absolute Gasteiger partial charge is 0.234 e. The Balaban J connectivity index is 1.62. The summed E-state index contributed by atoms with van der Waals surface area (Å²) in [4.78, 5) is 0. The monoisotopic (exact) mass is 600 g/mol. The van der Waals surface area contributed by atoms with E-state index in [2.05, 4.69) is 103 Å². The molecule has 1 unspecified atom stereocenters. The predicted octanol–water partition coefficient (Wildman–Crippen LogP) is 12.0. The van der Waals surface area contributed by atoms with Crippen LogP contribution in [0.3, 0.4) is 0 Å². The van der Waals surface area contributed by atoms with E-state index in [1.54, 1.807) is 5.82 Å². The fourth-order valence-electron chi connectivity index (χ4n) is 7.01. The lowest BCUT2D eigenvalue weighted by molar-refractivity contribution is -0.711. The summed E-state index contributed by atoms with van der Waals surface area (Å²) in [6.45, 7) is 9.27. The van der Waals surface area contributed by atoms with Crippen LogP contribution < -0.4 is 4.57 Å². The van der Waals surface area contributed by atoms with Crippen LogP contribution in [0.5, 0.6) is 0 Å². The Morgan fingerprint density at radius 3 is 1.59 bits per heavy atom. The molecule has 3 aromatic rings. The van der Waals surface area contributed by atoms with Gasteiger partial charge in [0.1, 0.15) is 12.4 Å². The number of unbranched alkanes of at least 4 members (excludes halogenated alkanes) is 17. The highest BCUT2D eigenvalue weighted by Gasteiger charge is 2.32. The molecule has 0 aliphatic carbocycles. The van der Waals surface area contributed by atoms with Gasteiger partial charge in [-0.1, -0.05) is 184 Å². The third-order valence-electron chi connectivity index (χ3n) is 9.77. The number of imidazole rings is 1. The molecule has 0 radical (unpaired) electrons. The Labute approximate surface area is 272 Å². The van der Waals surface area contributed by atoms with Crippen LogP contribution in [0.25, 0.3) is 0 Å². The third kappa shape index (κ3) is 13.7. The Kier molecular flexibility index (Phi) is 18.2. The standard InChI is InChI=1S/C42H67N2/c1-4-6-8-10-12-14-16-18-20-28-34-43-35-36-44(41(43)33-27-19-17-15-13-11-9-7-5-2)38-42(3,40-31-25-22-26-32-40)37-39-29-23-21-24-30-39/h21-26,29-32,35-36H,4-20,27-28,33-34,37-38H2,1-3H3/q+1. The summed E-state index contributed by atoms with van der Waals surface area (Å²) in [5.74, 6) is 1.54. The zero-order valence-electron chi connectivity index (χ0n) is 29.1. The Hall–Kier alpha value is -2.35. The normalized spacial score (nSPS) is 12.9. The summed E-state index contributed by atoms with van der Waals surface area (Å²) in [5, 5.41) is 0. The largest absolute Gasteiger partial charge is 0.256 e. The van der Waals surface area contributed by atoms with Crippen LogP contribution in [-0.2, 0) is 31.3 Å². The second-order valence-electron chi connectivity index (χ2n) is 13.9. The Morgan fingerprint density at radius 2 is 1.05 bits per heavy atom. The van der Waals surface area contributed by atoms with Crippen LogP contribution in [0.4, 0.5) is 0 Å². The van der Waals surface area contributed by atoms with Crippen LogP contribution in [0.15, 0.2) is 73.1 Å². The lowest BCUT2D eigenvalue weighted by Crippen LogP contribution is -2.47. The predicted molar refractivity (Wildman–Crippen MR) is 191 cm³/mol. The van der Waals surface area contributed by atoms with Gasteiger partial charge < -0.3 is 0 Å². The molecule has 1 atom stereocenters. The molecule has 0 aliphatic heterocycles. The number of nitrogens with zero attached hydrogens (tertiary/aromatic N) is 2. The first-order chi connectivity index (χ1) is 21.7. The average Bonchev–Trinajstić information content (AvgIpc) is 3.42. The van der Waals surface area contributed by atoms with Crippen molar-refractivity contribution in [1.29, 1.82) is 0 Å². The van der Waals surface area contributed by atoms with E-state index in [0.29, 0.717) is 0 Å². The molecule has 1 aromatic heterocycles. The van der Waals surface area contributed by atoms with Crippen LogP contribution in [0, 0.1) is 0 Å². The van der Waals surface area contributed by atoms with Crippen LogP contribution in [0.1, 0.15) is 160 Å². The van der Waals surface area contributed by atoms with Gasteiger partial charge in [-0.15, -0.1) is 0 Å². The first-order valence-electron chi connectivity index (χ1n) is 18.8. The van der Waals surface area contributed by atoms with Crippen molar-refractivity contribution in [2.45, 2.75) is 174 Å². The molecule has 1 heterocycles. The van der Waals surface area contributed by atoms with Gasteiger partial charge in [0, 0.05) is 11.8 Å². The van der Waals surface area contributed by atoms with E-state index in [1.807, 2.05) is 0 Å². The molecule has 2 nitrogen and oxygen atoms in total. The van der Waals surface area contributed by atoms with E-state index < -0.39 is 0 Å². The van der Waals surface area contributed by atoms with Crippen molar-refractivity contribution in [3.8, 4) is 0 Å². The number of hydrogen-bond acceptors (Lipinski definition) is 0. The zero-order valence-corrected chi connectivity index (χ0v) is 29.1. The molecule has 0 N–H and O–H groups in total. The van der Waals surface area contributed by atoms with E-state index in [-0.39, 0.29) is 5.41 Å². The first kappa shape index (κ1) is 36.1. The summed E-state index contributed by atoms with van der Waals surface area (Å²) in [5.41, 5.74) is 2.89. The quantitative estimate of drug-likeness (QED) is 0.0641. The van der Waals surface area contributed by atoms with Gasteiger partial charge in [-0.05, 0) is 36.8 Å². The van der Waals surface area contributed by atoms with Gasteiger partial charge >= 0.3 is 0 Å². The zero-order chi connectivity index (χ0) is 31.1. The number of aryl methyl sites for hydroxylation is 1. The summed E-state index contributed by atoms with van der Waals surface area (Å²) in [7, 11) is 0. The first-order valence-corrected chi connectivity index (χ1v) is 18.8. The fourth-order valence-corrected chi connectivity index (χ4v) is 7.01. The van der Waals surface area contributed by atoms with Gasteiger partial charge in [0.2, 0.25) is 0 Å². The minimum atomic E-state index is 0.0316. The van der Waals surface area contributed by atoms with Crippen molar-refractivity contribution in [3.05, 3.63) is 90.0 Å². The van der Waals surface area contributed by atoms with Gasteiger partial charge in [0.25, 0.3) is 5.82 Å². The maximum Gasteiger partial charge on any atom is 0.256 e. The molecule has 2 aromatic carbocycles. The Bertz CT molecular complexity index is 1090. The van der Waals surface area contributed by atoms with E-state index in [4.69, 9.17) is 0 Å². The lowest BCUT2D eigenvalue weighted by atomic mass is 9.77. The molecular formula is C42H67N2+. The highest BCUT2D eigenvalue weighted by Crippen LogP contribution is 2.29.